The van der Waals surface area contributed by atoms with Crippen molar-refractivity contribution in [3.05, 3.63) is 11.3 Å². The largest absolute Gasteiger partial charge is 0.357 e. The van der Waals surface area contributed by atoms with Gasteiger partial charge in [-0.3, -0.25) is 4.68 Å². The molecular formula is C15H28N4. The van der Waals surface area contributed by atoms with Gasteiger partial charge < -0.3 is 10.2 Å². The van der Waals surface area contributed by atoms with E-state index in [1.807, 2.05) is 0 Å². The molecule has 2 rings (SSSR count). The Kier molecular flexibility index (Phi) is 4.86. The fraction of sp³-hybridized carbons (Fsp3) is 0.800. The molecule has 0 bridgehead atoms. The summed E-state index contributed by atoms with van der Waals surface area (Å²) >= 11 is 0. The lowest BCUT2D eigenvalue weighted by molar-refractivity contribution is 0.432. The number of nitrogens with zero attached hydrogens (tertiary/aromatic N) is 3. The van der Waals surface area contributed by atoms with Crippen molar-refractivity contribution in [3.8, 4) is 0 Å². The third kappa shape index (κ3) is 3.30. The lowest BCUT2D eigenvalue weighted by Crippen LogP contribution is -2.35. The zero-order valence-corrected chi connectivity index (χ0v) is 12.9. The first-order valence-corrected chi connectivity index (χ1v) is 7.61. The van der Waals surface area contributed by atoms with E-state index in [4.69, 9.17) is 0 Å². The van der Waals surface area contributed by atoms with Crippen molar-refractivity contribution >= 4 is 5.82 Å². The van der Waals surface area contributed by atoms with Crippen LogP contribution in [-0.4, -0.2) is 29.4 Å². The lowest BCUT2D eigenvalue weighted by Gasteiger charge is -2.32. The summed E-state index contributed by atoms with van der Waals surface area (Å²) in [5.74, 6) is 2.19. The summed E-state index contributed by atoms with van der Waals surface area (Å²) in [5, 5.41) is 8.13. The third-order valence-electron chi connectivity index (χ3n) is 4.12. The van der Waals surface area contributed by atoms with Crippen LogP contribution in [0.1, 0.15) is 44.4 Å². The summed E-state index contributed by atoms with van der Waals surface area (Å²) in [6.45, 7) is 11.0. The Labute approximate surface area is 117 Å². The van der Waals surface area contributed by atoms with Crippen LogP contribution in [0.2, 0.25) is 0 Å². The quantitative estimate of drug-likeness (QED) is 0.829. The zero-order valence-electron chi connectivity index (χ0n) is 12.9. The molecule has 0 atom stereocenters. The van der Waals surface area contributed by atoms with E-state index >= 15 is 0 Å². The molecule has 0 saturated carbocycles. The standard InChI is InChI=1S/C15H28N4/c1-5-8-16-11-14-13(3)17-18(4)15(14)19-9-6-12(2)7-10-19/h12,16H,5-11H2,1-4H3. The first kappa shape index (κ1) is 14.4. The number of anilines is 1. The third-order valence-corrected chi connectivity index (χ3v) is 4.12. The minimum atomic E-state index is 0.868. The van der Waals surface area contributed by atoms with Crippen molar-refractivity contribution in [2.75, 3.05) is 24.5 Å². The van der Waals surface area contributed by atoms with E-state index in [1.54, 1.807) is 0 Å². The Bertz CT molecular complexity index is 403. The number of hydrogen-bond acceptors (Lipinski definition) is 3. The van der Waals surface area contributed by atoms with E-state index in [0.717, 1.165) is 19.0 Å². The SMILES string of the molecule is CCCNCc1c(C)nn(C)c1N1CCC(C)CC1. The molecule has 0 aliphatic carbocycles. The van der Waals surface area contributed by atoms with Crippen LogP contribution in [0.5, 0.6) is 0 Å². The van der Waals surface area contributed by atoms with Gasteiger partial charge in [0, 0.05) is 32.2 Å². The van der Waals surface area contributed by atoms with E-state index in [0.29, 0.717) is 0 Å². The number of nitrogens with one attached hydrogen (secondary N) is 1. The van der Waals surface area contributed by atoms with Crippen molar-refractivity contribution in [1.29, 1.82) is 0 Å². The first-order valence-electron chi connectivity index (χ1n) is 7.61. The fourth-order valence-corrected chi connectivity index (χ4v) is 2.90. The fourth-order valence-electron chi connectivity index (χ4n) is 2.90. The summed E-state index contributed by atoms with van der Waals surface area (Å²) in [5.41, 5.74) is 2.55. The van der Waals surface area contributed by atoms with Crippen molar-refractivity contribution in [2.24, 2.45) is 13.0 Å². The molecular weight excluding hydrogens is 236 g/mol. The predicted molar refractivity (Wildman–Crippen MR) is 80.6 cm³/mol. The predicted octanol–water partition coefficient (Wildman–Crippen LogP) is 2.46. The normalized spacial score (nSPS) is 17.2. The molecule has 1 aliphatic rings. The molecule has 1 aromatic rings. The Morgan fingerprint density at radius 1 is 1.32 bits per heavy atom. The molecule has 19 heavy (non-hydrogen) atoms. The first-order chi connectivity index (χ1) is 9.13. The summed E-state index contributed by atoms with van der Waals surface area (Å²) < 4.78 is 2.06. The number of aryl methyl sites for hydroxylation is 2. The average Bonchev–Trinajstić information content (AvgIpc) is 2.66. The molecule has 0 aromatic carbocycles. The molecule has 1 aromatic heterocycles. The highest BCUT2D eigenvalue weighted by Crippen LogP contribution is 2.27. The van der Waals surface area contributed by atoms with Crippen LogP contribution in [0.3, 0.4) is 0 Å². The Morgan fingerprint density at radius 2 is 2.00 bits per heavy atom. The smallest absolute Gasteiger partial charge is 0.131 e. The minimum absolute atomic E-state index is 0.868. The maximum atomic E-state index is 4.62. The van der Waals surface area contributed by atoms with Gasteiger partial charge in [0.1, 0.15) is 5.82 Å². The van der Waals surface area contributed by atoms with E-state index in [2.05, 4.69) is 47.8 Å². The second-order valence-electron chi connectivity index (χ2n) is 5.86. The summed E-state index contributed by atoms with van der Waals surface area (Å²) in [7, 11) is 2.07. The van der Waals surface area contributed by atoms with Gasteiger partial charge in [-0.1, -0.05) is 13.8 Å². The number of piperidine rings is 1. The second-order valence-corrected chi connectivity index (χ2v) is 5.86. The Balaban J connectivity index is 2.13. The molecule has 2 heterocycles. The van der Waals surface area contributed by atoms with Crippen LogP contribution >= 0.6 is 0 Å². The maximum Gasteiger partial charge on any atom is 0.131 e. The summed E-state index contributed by atoms with van der Waals surface area (Å²) in [6, 6.07) is 0. The molecule has 0 amide bonds. The molecule has 4 heteroatoms. The van der Waals surface area contributed by atoms with Gasteiger partial charge in [0.2, 0.25) is 0 Å². The Hall–Kier alpha value is -1.03. The highest BCUT2D eigenvalue weighted by molar-refractivity contribution is 5.50. The highest BCUT2D eigenvalue weighted by atomic mass is 15.4. The molecule has 1 N–H and O–H groups in total. The lowest BCUT2D eigenvalue weighted by atomic mass is 9.99. The molecule has 1 fully saturated rings. The van der Waals surface area contributed by atoms with Crippen molar-refractivity contribution in [3.63, 3.8) is 0 Å². The van der Waals surface area contributed by atoms with Gasteiger partial charge in [0.15, 0.2) is 0 Å². The van der Waals surface area contributed by atoms with E-state index in [1.165, 1.54) is 49.4 Å². The highest BCUT2D eigenvalue weighted by Gasteiger charge is 2.22. The van der Waals surface area contributed by atoms with E-state index < -0.39 is 0 Å². The van der Waals surface area contributed by atoms with E-state index in [-0.39, 0.29) is 0 Å². The zero-order chi connectivity index (χ0) is 13.8. The van der Waals surface area contributed by atoms with Crippen LogP contribution in [0, 0.1) is 12.8 Å². The van der Waals surface area contributed by atoms with Crippen LogP contribution < -0.4 is 10.2 Å². The van der Waals surface area contributed by atoms with Crippen LogP contribution in [-0.2, 0) is 13.6 Å². The molecule has 0 radical (unpaired) electrons. The van der Waals surface area contributed by atoms with Gasteiger partial charge in [0.25, 0.3) is 0 Å². The molecule has 0 unspecified atom stereocenters. The Morgan fingerprint density at radius 3 is 2.63 bits per heavy atom. The molecule has 1 saturated heterocycles. The van der Waals surface area contributed by atoms with Crippen LogP contribution in [0.15, 0.2) is 0 Å². The van der Waals surface area contributed by atoms with Crippen molar-refractivity contribution in [1.82, 2.24) is 15.1 Å². The maximum absolute atomic E-state index is 4.62. The van der Waals surface area contributed by atoms with Gasteiger partial charge in [-0.25, -0.2) is 0 Å². The summed E-state index contributed by atoms with van der Waals surface area (Å²) in [4.78, 5) is 2.52. The second kappa shape index (κ2) is 6.42. The van der Waals surface area contributed by atoms with Gasteiger partial charge in [-0.05, 0) is 38.6 Å². The minimum Gasteiger partial charge on any atom is -0.357 e. The van der Waals surface area contributed by atoms with Crippen molar-refractivity contribution in [2.45, 2.75) is 46.6 Å². The monoisotopic (exact) mass is 264 g/mol. The topological polar surface area (TPSA) is 33.1 Å². The number of hydrogen-bond donors (Lipinski definition) is 1. The molecule has 0 spiro atoms. The van der Waals surface area contributed by atoms with Gasteiger partial charge in [0.05, 0.1) is 5.69 Å². The van der Waals surface area contributed by atoms with Gasteiger partial charge in [-0.2, -0.15) is 5.10 Å². The summed E-state index contributed by atoms with van der Waals surface area (Å²) in [6.07, 6.45) is 3.77. The van der Waals surface area contributed by atoms with Crippen LogP contribution in [0.25, 0.3) is 0 Å². The number of rotatable bonds is 5. The van der Waals surface area contributed by atoms with Gasteiger partial charge in [-0.15, -0.1) is 0 Å². The average molecular weight is 264 g/mol. The van der Waals surface area contributed by atoms with Gasteiger partial charge >= 0.3 is 0 Å². The number of aromatic nitrogens is 2. The molecule has 108 valence electrons. The van der Waals surface area contributed by atoms with Crippen LogP contribution in [0.4, 0.5) is 5.82 Å². The van der Waals surface area contributed by atoms with E-state index in [9.17, 15) is 0 Å². The molecule has 4 nitrogen and oxygen atoms in total. The molecule has 1 aliphatic heterocycles. The van der Waals surface area contributed by atoms with Crippen molar-refractivity contribution < 1.29 is 0 Å².